The Bertz CT molecular complexity index is 1120. The predicted octanol–water partition coefficient (Wildman–Crippen LogP) is 0.724. The number of aromatic amines is 1. The van der Waals surface area contributed by atoms with Gasteiger partial charge < -0.3 is 24.3 Å². The molecule has 1 atom stereocenters. The number of pyridine rings is 1. The molecule has 1 aliphatic rings. The molecule has 0 bridgehead atoms. The van der Waals surface area contributed by atoms with Gasteiger partial charge in [-0.15, -0.1) is 5.10 Å². The van der Waals surface area contributed by atoms with Crippen LogP contribution < -0.4 is 15.0 Å². The van der Waals surface area contributed by atoms with Crippen molar-refractivity contribution >= 4 is 10.9 Å². The number of ether oxygens (including phenoxy) is 3. The summed E-state index contributed by atoms with van der Waals surface area (Å²) in [4.78, 5) is 18.4. The van der Waals surface area contributed by atoms with Gasteiger partial charge in [-0.1, -0.05) is 0 Å². The van der Waals surface area contributed by atoms with Crippen LogP contribution in [-0.4, -0.2) is 82.3 Å². The largest absolute Gasteiger partial charge is 0.493 e. The topological polar surface area (TPSA) is 128 Å². The minimum absolute atomic E-state index is 0.234. The quantitative estimate of drug-likeness (QED) is 0.517. The highest BCUT2D eigenvalue weighted by molar-refractivity contribution is 5.83. The molecule has 4 rings (SSSR count). The summed E-state index contributed by atoms with van der Waals surface area (Å²) in [6.45, 7) is 2.13. The molecule has 0 unspecified atom stereocenters. The molecule has 172 valence electrons. The van der Waals surface area contributed by atoms with Crippen molar-refractivity contribution in [3.63, 3.8) is 0 Å². The first kappa shape index (κ1) is 22.2. The van der Waals surface area contributed by atoms with Gasteiger partial charge in [0.25, 0.3) is 5.56 Å². The van der Waals surface area contributed by atoms with E-state index in [9.17, 15) is 9.90 Å². The summed E-state index contributed by atoms with van der Waals surface area (Å²) in [5, 5.41) is 23.0. The van der Waals surface area contributed by atoms with Crippen molar-refractivity contribution in [3.8, 4) is 11.5 Å². The first-order valence-electron chi connectivity index (χ1n) is 10.5. The molecule has 1 saturated heterocycles. The lowest BCUT2D eigenvalue weighted by atomic mass is 9.99. The van der Waals surface area contributed by atoms with Crippen LogP contribution in [0.2, 0.25) is 0 Å². The number of tetrazole rings is 1. The fraction of sp³-hybridized carbons (Fsp3) is 0.524. The van der Waals surface area contributed by atoms with Crippen LogP contribution in [0.5, 0.6) is 11.5 Å². The zero-order chi connectivity index (χ0) is 22.7. The number of methoxy groups -OCH3 is 3. The Kier molecular flexibility index (Phi) is 6.68. The maximum Gasteiger partial charge on any atom is 0.253 e. The fourth-order valence-electron chi connectivity index (χ4n) is 4.14. The van der Waals surface area contributed by atoms with Gasteiger partial charge in [-0.05, 0) is 35.4 Å². The lowest BCUT2D eigenvalue weighted by molar-refractivity contribution is 0.0654. The molecule has 1 aliphatic heterocycles. The van der Waals surface area contributed by atoms with E-state index in [1.165, 1.54) is 0 Å². The molecule has 0 saturated carbocycles. The monoisotopic (exact) mass is 444 g/mol. The minimum atomic E-state index is -0.476. The smallest absolute Gasteiger partial charge is 0.253 e. The first-order valence-corrected chi connectivity index (χ1v) is 10.5. The normalized spacial score (nSPS) is 16.4. The molecule has 2 aromatic heterocycles. The Morgan fingerprint density at radius 2 is 1.88 bits per heavy atom. The SMILES string of the molecule is COCCn1nnnc1[C@@H](c1cc2cc(OC)c(OC)cc2[nH]c1=O)N1CCC(O)CC1. The van der Waals surface area contributed by atoms with Crippen LogP contribution in [0, 0.1) is 0 Å². The number of nitrogens with one attached hydrogen (secondary N) is 1. The fourth-order valence-corrected chi connectivity index (χ4v) is 4.14. The summed E-state index contributed by atoms with van der Waals surface area (Å²) < 4.78 is 17.6. The van der Waals surface area contributed by atoms with E-state index in [2.05, 4.69) is 25.4 Å². The second-order valence-electron chi connectivity index (χ2n) is 7.77. The van der Waals surface area contributed by atoms with Gasteiger partial charge in [0.15, 0.2) is 17.3 Å². The molecule has 0 aliphatic carbocycles. The van der Waals surface area contributed by atoms with Gasteiger partial charge in [-0.2, -0.15) is 0 Å². The highest BCUT2D eigenvalue weighted by Gasteiger charge is 2.32. The Morgan fingerprint density at radius 1 is 1.16 bits per heavy atom. The summed E-state index contributed by atoms with van der Waals surface area (Å²) in [6, 6.07) is 4.95. The van der Waals surface area contributed by atoms with Crippen molar-refractivity contribution in [3.05, 3.63) is 39.9 Å². The maximum atomic E-state index is 13.3. The highest BCUT2D eigenvalue weighted by atomic mass is 16.5. The summed E-state index contributed by atoms with van der Waals surface area (Å²) in [5.74, 6) is 1.66. The number of rotatable bonds is 8. The van der Waals surface area contributed by atoms with Crippen molar-refractivity contribution in [2.45, 2.75) is 31.5 Å². The van der Waals surface area contributed by atoms with Crippen LogP contribution in [0.3, 0.4) is 0 Å². The molecule has 32 heavy (non-hydrogen) atoms. The van der Waals surface area contributed by atoms with E-state index in [0.717, 1.165) is 5.39 Å². The van der Waals surface area contributed by atoms with Crippen LogP contribution in [0.1, 0.15) is 30.3 Å². The number of fused-ring (bicyclic) bond motifs is 1. The average Bonchev–Trinajstić information content (AvgIpc) is 3.26. The van der Waals surface area contributed by atoms with Gasteiger partial charge >= 0.3 is 0 Å². The molecular formula is C21H28N6O5. The molecule has 0 amide bonds. The molecule has 1 aromatic carbocycles. The number of nitrogens with zero attached hydrogens (tertiary/aromatic N) is 5. The first-order chi connectivity index (χ1) is 15.5. The van der Waals surface area contributed by atoms with E-state index in [0.29, 0.717) is 67.5 Å². The number of piperidine rings is 1. The minimum Gasteiger partial charge on any atom is -0.493 e. The van der Waals surface area contributed by atoms with Crippen molar-refractivity contribution in [2.75, 3.05) is 41.0 Å². The van der Waals surface area contributed by atoms with Crippen LogP contribution in [0.4, 0.5) is 0 Å². The second kappa shape index (κ2) is 9.63. The van der Waals surface area contributed by atoms with E-state index >= 15 is 0 Å². The molecular weight excluding hydrogens is 416 g/mol. The third kappa shape index (κ3) is 4.31. The zero-order valence-electron chi connectivity index (χ0n) is 18.4. The standard InChI is InChI=1S/C21H28N6O5/c1-30-9-8-27-20(23-24-25-27)19(26-6-4-14(28)5-7-26)15-10-13-11-17(31-2)18(32-3)12-16(13)22-21(15)29/h10-12,14,19,28H,4-9H2,1-3H3,(H,22,29)/t19-/m1/s1. The summed E-state index contributed by atoms with van der Waals surface area (Å²) in [5.41, 5.74) is 0.930. The Balaban J connectivity index is 1.84. The van der Waals surface area contributed by atoms with Crippen molar-refractivity contribution in [2.24, 2.45) is 0 Å². The number of aliphatic hydroxyl groups is 1. The number of hydrogen-bond donors (Lipinski definition) is 2. The van der Waals surface area contributed by atoms with Crippen LogP contribution in [-0.2, 0) is 11.3 Å². The van der Waals surface area contributed by atoms with Gasteiger partial charge in [0.05, 0.1) is 39.0 Å². The van der Waals surface area contributed by atoms with Gasteiger partial charge in [0, 0.05) is 37.2 Å². The molecule has 2 N–H and O–H groups in total. The summed E-state index contributed by atoms with van der Waals surface area (Å²) in [7, 11) is 4.74. The van der Waals surface area contributed by atoms with Crippen LogP contribution in [0.25, 0.3) is 10.9 Å². The molecule has 0 spiro atoms. The Morgan fingerprint density at radius 3 is 2.56 bits per heavy atom. The number of aliphatic hydroxyl groups excluding tert-OH is 1. The molecule has 3 heterocycles. The number of likely N-dealkylation sites (tertiary alicyclic amines) is 1. The van der Waals surface area contributed by atoms with Crippen LogP contribution >= 0.6 is 0 Å². The van der Waals surface area contributed by atoms with Gasteiger partial charge in [-0.25, -0.2) is 4.68 Å². The van der Waals surface area contributed by atoms with E-state index in [-0.39, 0.29) is 11.7 Å². The number of H-pyrrole nitrogens is 1. The van der Waals surface area contributed by atoms with E-state index in [4.69, 9.17) is 14.2 Å². The Hall–Kier alpha value is -3.02. The molecule has 11 heteroatoms. The zero-order valence-corrected chi connectivity index (χ0v) is 18.4. The van der Waals surface area contributed by atoms with Crippen molar-refractivity contribution in [1.82, 2.24) is 30.1 Å². The average molecular weight is 444 g/mol. The second-order valence-corrected chi connectivity index (χ2v) is 7.77. The van der Waals surface area contributed by atoms with Crippen molar-refractivity contribution in [1.29, 1.82) is 0 Å². The van der Waals surface area contributed by atoms with E-state index < -0.39 is 6.04 Å². The van der Waals surface area contributed by atoms with Gasteiger partial charge in [0.2, 0.25) is 0 Å². The lowest BCUT2D eigenvalue weighted by Crippen LogP contribution is -2.41. The number of benzene rings is 1. The number of aromatic nitrogens is 5. The number of hydrogen-bond acceptors (Lipinski definition) is 9. The third-order valence-electron chi connectivity index (χ3n) is 5.85. The summed E-state index contributed by atoms with van der Waals surface area (Å²) in [6.07, 6.45) is 0.891. The summed E-state index contributed by atoms with van der Waals surface area (Å²) >= 11 is 0. The van der Waals surface area contributed by atoms with E-state index in [1.807, 2.05) is 12.1 Å². The van der Waals surface area contributed by atoms with Crippen LogP contribution in [0.15, 0.2) is 23.0 Å². The predicted molar refractivity (Wildman–Crippen MR) is 116 cm³/mol. The van der Waals surface area contributed by atoms with Gasteiger partial charge in [-0.3, -0.25) is 9.69 Å². The van der Waals surface area contributed by atoms with Gasteiger partial charge in [0.1, 0.15) is 6.04 Å². The molecule has 1 fully saturated rings. The molecule has 3 aromatic rings. The highest BCUT2D eigenvalue weighted by Crippen LogP contribution is 2.33. The van der Waals surface area contributed by atoms with E-state index in [1.54, 1.807) is 32.1 Å². The molecule has 0 radical (unpaired) electrons. The maximum absolute atomic E-state index is 13.3. The van der Waals surface area contributed by atoms with Crippen molar-refractivity contribution < 1.29 is 19.3 Å². The molecule has 11 nitrogen and oxygen atoms in total. The lowest BCUT2D eigenvalue weighted by Gasteiger charge is -2.35. The third-order valence-corrected chi connectivity index (χ3v) is 5.85. The Labute approximate surface area is 184 Å².